The highest BCUT2D eigenvalue weighted by molar-refractivity contribution is 6.17. The van der Waals surface area contributed by atoms with E-state index in [9.17, 15) is 4.79 Å². The van der Waals surface area contributed by atoms with Gasteiger partial charge in [-0.2, -0.15) is 0 Å². The molecule has 0 saturated heterocycles. The Labute approximate surface area is 159 Å². The van der Waals surface area contributed by atoms with Gasteiger partial charge in [-0.15, -0.1) is 0 Å². The maximum atomic E-state index is 12.9. The number of nitrogens with one attached hydrogen (secondary N) is 1. The molecule has 26 heavy (non-hydrogen) atoms. The number of carbonyl (C=O) groups is 1. The van der Waals surface area contributed by atoms with Crippen molar-refractivity contribution in [2.75, 3.05) is 0 Å². The maximum Gasteiger partial charge on any atom is 0.269 e. The molecular formula is C21H34BN3O. The molecule has 0 aromatic carbocycles. The lowest BCUT2D eigenvalue weighted by atomic mass is 9.70. The van der Waals surface area contributed by atoms with Crippen LogP contribution in [0.4, 0.5) is 0 Å². The number of nitrogens with zero attached hydrogens (tertiary/aromatic N) is 2. The lowest BCUT2D eigenvalue weighted by Gasteiger charge is -2.31. The molecule has 0 spiro atoms. The zero-order valence-electron chi connectivity index (χ0n) is 16.4. The highest BCUT2D eigenvalue weighted by Gasteiger charge is 2.27. The molecule has 142 valence electrons. The molecular weight excluding hydrogens is 321 g/mol. The summed E-state index contributed by atoms with van der Waals surface area (Å²) in [5.41, 5.74) is 0.428. The fourth-order valence-corrected chi connectivity index (χ4v) is 4.56. The summed E-state index contributed by atoms with van der Waals surface area (Å²) in [6.07, 6.45) is 19.1. The van der Waals surface area contributed by atoms with E-state index in [0.29, 0.717) is 11.6 Å². The van der Waals surface area contributed by atoms with Crippen LogP contribution in [0.5, 0.6) is 0 Å². The molecule has 2 fully saturated rings. The van der Waals surface area contributed by atoms with Crippen molar-refractivity contribution in [3.05, 3.63) is 23.8 Å². The summed E-state index contributed by atoms with van der Waals surface area (Å²) < 4.78 is 0. The molecule has 1 amide bonds. The van der Waals surface area contributed by atoms with Crippen molar-refractivity contribution in [1.29, 1.82) is 0 Å². The smallest absolute Gasteiger partial charge is 0.269 e. The summed E-state index contributed by atoms with van der Waals surface area (Å²) in [7, 11) is 2.22. The summed E-state index contributed by atoms with van der Waals surface area (Å²) in [5.74, 6) is 1.28. The fourth-order valence-electron chi connectivity index (χ4n) is 4.56. The van der Waals surface area contributed by atoms with Crippen LogP contribution in [0.2, 0.25) is 0 Å². The van der Waals surface area contributed by atoms with E-state index >= 15 is 0 Å². The minimum Gasteiger partial charge on any atom is -0.353 e. The van der Waals surface area contributed by atoms with Crippen molar-refractivity contribution < 1.29 is 4.79 Å². The highest BCUT2D eigenvalue weighted by atomic mass is 16.2. The first-order chi connectivity index (χ1) is 12.7. The van der Waals surface area contributed by atoms with E-state index in [1.165, 1.54) is 64.2 Å². The summed E-state index contributed by atoms with van der Waals surface area (Å²) in [6.45, 7) is 0. The van der Waals surface area contributed by atoms with Gasteiger partial charge < -0.3 is 5.32 Å². The molecule has 0 bridgehead atoms. The third-order valence-electron chi connectivity index (χ3n) is 6.25. The van der Waals surface area contributed by atoms with Crippen molar-refractivity contribution >= 4 is 13.8 Å². The van der Waals surface area contributed by atoms with E-state index in [1.807, 2.05) is 0 Å². The second kappa shape index (κ2) is 9.52. The Morgan fingerprint density at radius 1 is 0.962 bits per heavy atom. The second-order valence-electron chi connectivity index (χ2n) is 8.62. The average Bonchev–Trinajstić information content (AvgIpc) is 3.16. The van der Waals surface area contributed by atoms with Crippen LogP contribution in [0.3, 0.4) is 0 Å². The van der Waals surface area contributed by atoms with Crippen LogP contribution in [0.1, 0.15) is 112 Å². The molecule has 2 aliphatic carbocycles. The third kappa shape index (κ3) is 5.55. The quantitative estimate of drug-likeness (QED) is 0.831. The van der Waals surface area contributed by atoms with Crippen molar-refractivity contribution in [3.63, 3.8) is 0 Å². The predicted molar refractivity (Wildman–Crippen MR) is 108 cm³/mol. The number of hydrogen-bond acceptors (Lipinski definition) is 3. The molecule has 0 unspecified atom stereocenters. The molecule has 0 atom stereocenters. The van der Waals surface area contributed by atoms with Crippen LogP contribution in [-0.2, 0) is 0 Å². The summed E-state index contributed by atoms with van der Waals surface area (Å²) in [5, 5.41) is 3.34. The van der Waals surface area contributed by atoms with Gasteiger partial charge in [-0.25, -0.2) is 9.97 Å². The van der Waals surface area contributed by atoms with Gasteiger partial charge in [0.05, 0.1) is 0 Å². The van der Waals surface area contributed by atoms with E-state index < -0.39 is 0 Å². The van der Waals surface area contributed by atoms with E-state index in [4.69, 9.17) is 0 Å². The van der Waals surface area contributed by atoms with Crippen LogP contribution >= 0.6 is 0 Å². The Hall–Kier alpha value is -1.39. The zero-order valence-corrected chi connectivity index (χ0v) is 16.4. The maximum absolute atomic E-state index is 12.9. The molecule has 4 nitrogen and oxygen atoms in total. The Balaban J connectivity index is 1.65. The normalized spacial score (nSPS) is 22.5. The number of amides is 1. The van der Waals surface area contributed by atoms with Crippen LogP contribution in [0.15, 0.2) is 12.3 Å². The first-order valence-corrected chi connectivity index (χ1v) is 10.8. The first kappa shape index (κ1) is 19.4. The molecule has 5 heteroatoms. The van der Waals surface area contributed by atoms with Gasteiger partial charge in [-0.05, 0) is 31.7 Å². The lowest BCUT2D eigenvalue weighted by molar-refractivity contribution is 0.0913. The molecule has 0 aliphatic heterocycles. The largest absolute Gasteiger partial charge is 0.353 e. The molecule has 1 N–H and O–H groups in total. The van der Waals surface area contributed by atoms with E-state index in [-0.39, 0.29) is 11.3 Å². The monoisotopic (exact) mass is 355 g/mol. The van der Waals surface area contributed by atoms with Crippen LogP contribution < -0.4 is 5.32 Å². The molecule has 1 aromatic rings. The van der Waals surface area contributed by atoms with Gasteiger partial charge in [-0.1, -0.05) is 64.2 Å². The van der Waals surface area contributed by atoms with Gasteiger partial charge in [0.25, 0.3) is 5.91 Å². The zero-order chi connectivity index (χ0) is 18.2. The molecule has 0 radical (unpaired) electrons. The van der Waals surface area contributed by atoms with Crippen LogP contribution in [-0.4, -0.2) is 29.2 Å². The average molecular weight is 355 g/mol. The molecule has 2 saturated carbocycles. The molecule has 3 rings (SSSR count). The Morgan fingerprint density at radius 2 is 1.54 bits per heavy atom. The van der Waals surface area contributed by atoms with Crippen LogP contribution in [0, 0.1) is 0 Å². The number of hydrogen-bond donors (Lipinski definition) is 1. The molecule has 1 heterocycles. The van der Waals surface area contributed by atoms with Gasteiger partial charge in [0.15, 0.2) is 0 Å². The van der Waals surface area contributed by atoms with E-state index in [2.05, 4.69) is 23.1 Å². The number of carbonyl (C=O) groups excluding carboxylic acids is 1. The third-order valence-corrected chi connectivity index (χ3v) is 6.25. The molecule has 2 aliphatic rings. The SMILES string of the molecule is BC1(NC(=O)c2ccnc(C3CCCC3)n2)CCCCCCCCCC1. The standard InChI is InChI=1S/C21H34BN3O/c22-21(14-9-5-3-1-2-4-6-10-15-21)25-20(26)18-13-16-23-19(24-18)17-11-7-8-12-17/h13,16-17H,1-12,14-15,22H2,(H,25,26). The summed E-state index contributed by atoms with van der Waals surface area (Å²) >= 11 is 0. The van der Waals surface area contributed by atoms with Gasteiger partial charge >= 0.3 is 0 Å². The molecule has 1 aromatic heterocycles. The van der Waals surface area contributed by atoms with Gasteiger partial charge in [0, 0.05) is 17.6 Å². The first-order valence-electron chi connectivity index (χ1n) is 10.8. The van der Waals surface area contributed by atoms with Crippen molar-refractivity contribution in [1.82, 2.24) is 15.3 Å². The Bertz CT molecular complexity index is 574. The summed E-state index contributed by atoms with van der Waals surface area (Å²) in [4.78, 5) is 22.0. The predicted octanol–water partition coefficient (Wildman–Crippen LogP) is 4.11. The Morgan fingerprint density at radius 3 is 2.15 bits per heavy atom. The number of rotatable bonds is 3. The van der Waals surface area contributed by atoms with Crippen molar-refractivity contribution in [2.24, 2.45) is 0 Å². The minimum atomic E-state index is -0.111. The summed E-state index contributed by atoms with van der Waals surface area (Å²) in [6, 6.07) is 1.77. The second-order valence-corrected chi connectivity index (χ2v) is 8.62. The fraction of sp³-hybridized carbons (Fsp3) is 0.762. The van der Waals surface area contributed by atoms with Crippen molar-refractivity contribution in [3.8, 4) is 0 Å². The van der Waals surface area contributed by atoms with Gasteiger partial charge in [-0.3, -0.25) is 4.79 Å². The Kier molecular flexibility index (Phi) is 7.10. The highest BCUT2D eigenvalue weighted by Crippen LogP contribution is 2.32. The van der Waals surface area contributed by atoms with E-state index in [0.717, 1.165) is 31.5 Å². The number of aromatic nitrogens is 2. The van der Waals surface area contributed by atoms with Crippen molar-refractivity contribution in [2.45, 2.75) is 101 Å². The topological polar surface area (TPSA) is 54.9 Å². The van der Waals surface area contributed by atoms with Crippen LogP contribution in [0.25, 0.3) is 0 Å². The lowest BCUT2D eigenvalue weighted by Crippen LogP contribution is -2.49. The van der Waals surface area contributed by atoms with Gasteiger partial charge in [0.1, 0.15) is 19.4 Å². The minimum absolute atomic E-state index is 0.0241. The van der Waals surface area contributed by atoms with Gasteiger partial charge in [0.2, 0.25) is 0 Å². The van der Waals surface area contributed by atoms with E-state index in [1.54, 1.807) is 12.3 Å².